The second-order valence-corrected chi connectivity index (χ2v) is 6.63. The highest BCUT2D eigenvalue weighted by atomic mass is 32.2. The maximum Gasteiger partial charge on any atom is 0.242 e. The Balaban J connectivity index is 2.69. The van der Waals surface area contributed by atoms with Crippen molar-refractivity contribution < 1.29 is 13.5 Å². The zero-order valence-electron chi connectivity index (χ0n) is 11.6. The molecule has 6 heteroatoms. The van der Waals surface area contributed by atoms with Gasteiger partial charge in [0.1, 0.15) is 0 Å². The molecule has 1 rings (SSSR count). The summed E-state index contributed by atoms with van der Waals surface area (Å²) < 4.78 is 25.9. The molecule has 0 aliphatic rings. The van der Waals surface area contributed by atoms with E-state index >= 15 is 0 Å². The number of sulfonamides is 1. The van der Waals surface area contributed by atoms with Gasteiger partial charge >= 0.3 is 0 Å². The normalized spacial score (nSPS) is 11.5. The average molecular weight is 296 g/mol. The number of aliphatic hydroxyl groups excluding tert-OH is 1. The Morgan fingerprint density at radius 2 is 1.85 bits per heavy atom. The molecule has 0 bridgehead atoms. The van der Waals surface area contributed by atoms with E-state index in [2.05, 4.69) is 0 Å². The van der Waals surface area contributed by atoms with E-state index in [1.54, 1.807) is 19.2 Å². The van der Waals surface area contributed by atoms with Gasteiger partial charge in [0.05, 0.1) is 17.4 Å². The molecule has 5 nitrogen and oxygen atoms in total. The molecule has 110 valence electrons. The Labute approximate surface area is 120 Å². The van der Waals surface area contributed by atoms with Gasteiger partial charge in [-0.15, -0.1) is 0 Å². The van der Waals surface area contributed by atoms with E-state index in [0.29, 0.717) is 13.0 Å². The molecule has 0 saturated carbocycles. The molecule has 0 heterocycles. The quantitative estimate of drug-likeness (QED) is 0.738. The number of hydrogen-bond acceptors (Lipinski definition) is 4. The molecule has 0 unspecified atom stereocenters. The van der Waals surface area contributed by atoms with Crippen LogP contribution < -0.4 is 0 Å². The van der Waals surface area contributed by atoms with Crippen molar-refractivity contribution in [3.05, 3.63) is 29.8 Å². The summed E-state index contributed by atoms with van der Waals surface area (Å²) in [6.45, 7) is 0.569. The van der Waals surface area contributed by atoms with Crippen LogP contribution in [0.3, 0.4) is 0 Å². The first-order chi connectivity index (χ1) is 9.52. The van der Waals surface area contributed by atoms with Crippen LogP contribution >= 0.6 is 0 Å². The summed E-state index contributed by atoms with van der Waals surface area (Å²) in [6.07, 6.45) is 2.49. The SMILES string of the molecule is CN(CCCCCO)S(=O)(=O)c1ccc(CC#N)cc1. The molecule has 0 aliphatic carbocycles. The van der Waals surface area contributed by atoms with Gasteiger partial charge in [0, 0.05) is 20.2 Å². The Morgan fingerprint density at radius 1 is 1.20 bits per heavy atom. The van der Waals surface area contributed by atoms with Crippen LogP contribution in [0, 0.1) is 11.3 Å². The number of aliphatic hydroxyl groups is 1. The van der Waals surface area contributed by atoms with Crippen LogP contribution in [-0.4, -0.2) is 38.0 Å². The van der Waals surface area contributed by atoms with Gasteiger partial charge in [-0.1, -0.05) is 12.1 Å². The molecule has 0 amide bonds. The van der Waals surface area contributed by atoms with E-state index in [9.17, 15) is 8.42 Å². The Morgan fingerprint density at radius 3 is 2.40 bits per heavy atom. The molecular formula is C14H20N2O3S. The van der Waals surface area contributed by atoms with Crippen molar-refractivity contribution in [3.63, 3.8) is 0 Å². The summed E-state index contributed by atoms with van der Waals surface area (Å²) in [5.41, 5.74) is 0.803. The van der Waals surface area contributed by atoms with Crippen molar-refractivity contribution in [2.45, 2.75) is 30.6 Å². The number of nitrogens with zero attached hydrogens (tertiary/aromatic N) is 2. The van der Waals surface area contributed by atoms with E-state index in [1.165, 1.54) is 16.4 Å². The molecule has 0 saturated heterocycles. The maximum atomic E-state index is 12.3. The summed E-state index contributed by atoms with van der Waals surface area (Å²) >= 11 is 0. The van der Waals surface area contributed by atoms with Crippen LogP contribution in [-0.2, 0) is 16.4 Å². The molecule has 0 radical (unpaired) electrons. The highest BCUT2D eigenvalue weighted by Crippen LogP contribution is 2.16. The van der Waals surface area contributed by atoms with Gasteiger partial charge < -0.3 is 5.11 Å². The van der Waals surface area contributed by atoms with Crippen LogP contribution in [0.25, 0.3) is 0 Å². The van der Waals surface area contributed by atoms with E-state index < -0.39 is 10.0 Å². The molecule has 0 aliphatic heterocycles. The van der Waals surface area contributed by atoms with E-state index in [-0.39, 0.29) is 17.9 Å². The lowest BCUT2D eigenvalue weighted by atomic mass is 10.2. The lowest BCUT2D eigenvalue weighted by molar-refractivity contribution is 0.281. The number of nitriles is 1. The van der Waals surface area contributed by atoms with Crippen molar-refractivity contribution in [1.82, 2.24) is 4.31 Å². The second kappa shape index (κ2) is 8.00. The van der Waals surface area contributed by atoms with Crippen molar-refractivity contribution in [3.8, 4) is 6.07 Å². The van der Waals surface area contributed by atoms with E-state index in [0.717, 1.165) is 18.4 Å². The lowest BCUT2D eigenvalue weighted by Gasteiger charge is -2.17. The standard InChI is InChI=1S/C14H20N2O3S/c1-16(11-3-2-4-12-17)20(18,19)14-7-5-13(6-8-14)9-10-15/h5-8,17H,2-4,9,11-12H2,1H3. The molecule has 0 atom stereocenters. The highest BCUT2D eigenvalue weighted by Gasteiger charge is 2.19. The Kier molecular flexibility index (Phi) is 6.65. The van der Waals surface area contributed by atoms with Crippen molar-refractivity contribution in [1.29, 1.82) is 5.26 Å². The summed E-state index contributed by atoms with van der Waals surface area (Å²) in [5, 5.41) is 17.3. The molecule has 0 spiro atoms. The number of rotatable bonds is 8. The van der Waals surface area contributed by atoms with Gasteiger partial charge in [0.2, 0.25) is 10.0 Å². The third kappa shape index (κ3) is 4.60. The minimum absolute atomic E-state index is 0.136. The Hall–Kier alpha value is -1.42. The van der Waals surface area contributed by atoms with Gasteiger partial charge in [-0.05, 0) is 37.0 Å². The predicted molar refractivity (Wildman–Crippen MR) is 76.5 cm³/mol. The molecule has 0 fully saturated rings. The summed E-state index contributed by atoms with van der Waals surface area (Å²) in [4.78, 5) is 0.240. The highest BCUT2D eigenvalue weighted by molar-refractivity contribution is 7.89. The molecule has 1 N–H and O–H groups in total. The fraction of sp³-hybridized carbons (Fsp3) is 0.500. The monoisotopic (exact) mass is 296 g/mol. The molecular weight excluding hydrogens is 276 g/mol. The first-order valence-corrected chi connectivity index (χ1v) is 7.99. The van der Waals surface area contributed by atoms with Crippen LogP contribution in [0.2, 0.25) is 0 Å². The number of benzene rings is 1. The topological polar surface area (TPSA) is 81.4 Å². The smallest absolute Gasteiger partial charge is 0.242 e. The molecule has 20 heavy (non-hydrogen) atoms. The van der Waals surface area contributed by atoms with Crippen LogP contribution in [0.4, 0.5) is 0 Å². The van der Waals surface area contributed by atoms with Crippen LogP contribution in [0.15, 0.2) is 29.2 Å². The fourth-order valence-corrected chi connectivity index (χ4v) is 3.00. The van der Waals surface area contributed by atoms with Gasteiger partial charge in [0.15, 0.2) is 0 Å². The van der Waals surface area contributed by atoms with Crippen molar-refractivity contribution in [2.75, 3.05) is 20.2 Å². The average Bonchev–Trinajstić information content (AvgIpc) is 2.44. The predicted octanol–water partition coefficient (Wildman–Crippen LogP) is 1.54. The number of hydrogen-bond donors (Lipinski definition) is 1. The third-order valence-electron chi connectivity index (χ3n) is 3.05. The largest absolute Gasteiger partial charge is 0.396 e. The van der Waals surface area contributed by atoms with Crippen molar-refractivity contribution in [2.24, 2.45) is 0 Å². The minimum Gasteiger partial charge on any atom is -0.396 e. The molecule has 1 aromatic rings. The molecule has 0 aromatic heterocycles. The fourth-order valence-electron chi connectivity index (χ4n) is 1.79. The maximum absolute atomic E-state index is 12.3. The summed E-state index contributed by atoms with van der Waals surface area (Å²) in [7, 11) is -1.92. The summed E-state index contributed by atoms with van der Waals surface area (Å²) in [5.74, 6) is 0. The van der Waals surface area contributed by atoms with Gasteiger partial charge in [-0.3, -0.25) is 0 Å². The first kappa shape index (κ1) is 16.6. The minimum atomic E-state index is -3.47. The zero-order chi connectivity index (χ0) is 15.0. The lowest BCUT2D eigenvalue weighted by Crippen LogP contribution is -2.28. The summed E-state index contributed by atoms with van der Waals surface area (Å²) in [6, 6.07) is 8.42. The van der Waals surface area contributed by atoms with Gasteiger partial charge in [-0.25, -0.2) is 12.7 Å². The Bertz CT molecular complexity index is 547. The molecule has 1 aromatic carbocycles. The van der Waals surface area contributed by atoms with Gasteiger partial charge in [-0.2, -0.15) is 5.26 Å². The third-order valence-corrected chi connectivity index (χ3v) is 4.92. The number of unbranched alkanes of at least 4 members (excludes halogenated alkanes) is 2. The second-order valence-electron chi connectivity index (χ2n) is 4.59. The van der Waals surface area contributed by atoms with E-state index in [4.69, 9.17) is 10.4 Å². The van der Waals surface area contributed by atoms with Crippen molar-refractivity contribution >= 4 is 10.0 Å². The van der Waals surface area contributed by atoms with Crippen LogP contribution in [0.5, 0.6) is 0 Å². The van der Waals surface area contributed by atoms with E-state index in [1.807, 2.05) is 6.07 Å². The van der Waals surface area contributed by atoms with Crippen LogP contribution in [0.1, 0.15) is 24.8 Å². The first-order valence-electron chi connectivity index (χ1n) is 6.55. The zero-order valence-corrected chi connectivity index (χ0v) is 12.4. The van der Waals surface area contributed by atoms with Gasteiger partial charge in [0.25, 0.3) is 0 Å².